The Hall–Kier alpha value is -1.90. The molecule has 15 heteroatoms. The molecule has 0 unspecified atom stereocenters. The van der Waals surface area contributed by atoms with Gasteiger partial charge in [0.2, 0.25) is 0 Å². The molecule has 1 aromatic heterocycles. The van der Waals surface area contributed by atoms with E-state index in [1.807, 2.05) is 0 Å². The highest BCUT2D eigenvalue weighted by molar-refractivity contribution is 8.00. The molecule has 0 spiro atoms. The first-order chi connectivity index (χ1) is 15.2. The van der Waals surface area contributed by atoms with Crippen molar-refractivity contribution in [2.75, 3.05) is 45.3 Å². The second-order valence-electron chi connectivity index (χ2n) is 8.21. The monoisotopic (exact) mass is 553 g/mol. The number of nitrogens with zero attached hydrogens (tertiary/aromatic N) is 4. The number of fused-ring (bicyclic) bond motifs is 1. The first kappa shape index (κ1) is 28.3. The van der Waals surface area contributed by atoms with Gasteiger partial charge < -0.3 is 25.8 Å². The molecule has 3 aliphatic rings. The molecule has 188 valence electrons. The van der Waals surface area contributed by atoms with Gasteiger partial charge in [-0.15, -0.1) is 35.5 Å². The third-order valence-electron chi connectivity index (χ3n) is 5.90. The first-order valence-corrected chi connectivity index (χ1v) is 12.4. The summed E-state index contributed by atoms with van der Waals surface area (Å²) in [6.07, 6.45) is 2.30. The molecule has 34 heavy (non-hydrogen) atoms. The molecule has 1 aromatic rings. The number of carbonyl (C=O) groups excluding carboxylic acids is 3. The molecule has 0 bridgehead atoms. The van der Waals surface area contributed by atoms with Crippen LogP contribution in [-0.2, 0) is 19.2 Å². The number of quaternary nitrogens is 1. The predicted molar refractivity (Wildman–Crippen MR) is 134 cm³/mol. The van der Waals surface area contributed by atoms with Crippen LogP contribution in [0.5, 0.6) is 0 Å². The number of β-lactam (4-membered cyclic amide) rings is 1. The van der Waals surface area contributed by atoms with E-state index in [4.69, 9.17) is 22.2 Å². The number of aromatic nitrogens is 1. The minimum absolute atomic E-state index is 0. The Morgan fingerprint density at radius 3 is 2.65 bits per heavy atom. The number of amides is 2. The minimum Gasteiger partial charge on any atom is -0.412 e. The molecule has 11 nitrogen and oxygen atoms in total. The van der Waals surface area contributed by atoms with Crippen LogP contribution in [0.15, 0.2) is 21.8 Å². The van der Waals surface area contributed by atoms with Crippen LogP contribution in [0.3, 0.4) is 0 Å². The number of nitrogen functional groups attached to an aromatic ring is 1. The van der Waals surface area contributed by atoms with E-state index in [1.54, 1.807) is 5.38 Å². The van der Waals surface area contributed by atoms with Gasteiger partial charge in [0.15, 0.2) is 10.8 Å². The van der Waals surface area contributed by atoms with Gasteiger partial charge in [-0.25, -0.2) is 4.98 Å². The number of carbonyl (C=O) groups is 3. The maximum atomic E-state index is 13.0. The molecule has 4 rings (SSSR count). The quantitative estimate of drug-likeness (QED) is 0.162. The van der Waals surface area contributed by atoms with Crippen molar-refractivity contribution in [3.63, 3.8) is 0 Å². The van der Waals surface area contributed by atoms with Crippen molar-refractivity contribution in [3.8, 4) is 0 Å². The average molecular weight is 555 g/mol. The highest BCUT2D eigenvalue weighted by atomic mass is 35.5. The number of nitrogens with two attached hydrogens (primary N) is 1. The summed E-state index contributed by atoms with van der Waals surface area (Å²) in [6.45, 7) is 2.76. The smallest absolute Gasteiger partial charge is 0.276 e. The highest BCUT2D eigenvalue weighted by Crippen LogP contribution is 2.41. The van der Waals surface area contributed by atoms with Gasteiger partial charge in [-0.05, 0) is 11.6 Å². The minimum atomic E-state index is -0.810. The molecule has 4 heterocycles. The maximum absolute atomic E-state index is 13.0. The molecular weight excluding hydrogens is 527 g/mol. The Bertz CT molecular complexity index is 1030. The zero-order valence-electron chi connectivity index (χ0n) is 18.6. The molecule has 0 aliphatic carbocycles. The number of anilines is 1. The number of allylic oxidation sites excluding steroid dienone is 1. The van der Waals surface area contributed by atoms with E-state index >= 15 is 0 Å². The van der Waals surface area contributed by atoms with Gasteiger partial charge in [0, 0.05) is 29.5 Å². The summed E-state index contributed by atoms with van der Waals surface area (Å²) in [4.78, 5) is 48.3. The summed E-state index contributed by atoms with van der Waals surface area (Å²) in [5.74, 6) is -0.417. The number of thioether (sulfide) groups is 1. The molecule has 5 N–H and O–H groups in total. The van der Waals surface area contributed by atoms with Gasteiger partial charge in [0.25, 0.3) is 17.1 Å². The Labute approximate surface area is 216 Å². The fourth-order valence-corrected chi connectivity index (χ4v) is 6.51. The second-order valence-corrected chi connectivity index (χ2v) is 10.6. The third kappa shape index (κ3) is 5.34. The first-order valence-electron chi connectivity index (χ1n) is 10.1. The summed E-state index contributed by atoms with van der Waals surface area (Å²) in [6, 6.07) is -0.810. The van der Waals surface area contributed by atoms with Gasteiger partial charge in [-0.2, -0.15) is 0 Å². The van der Waals surface area contributed by atoms with Gasteiger partial charge in [-0.3, -0.25) is 19.3 Å². The van der Waals surface area contributed by atoms with E-state index in [0.29, 0.717) is 12.3 Å². The van der Waals surface area contributed by atoms with E-state index in [9.17, 15) is 14.4 Å². The molecule has 0 aromatic carbocycles. The van der Waals surface area contributed by atoms with Crippen LogP contribution >= 0.6 is 47.1 Å². The molecule has 2 atom stereocenters. The number of hydrogen-bond donors (Lipinski definition) is 2. The van der Waals surface area contributed by atoms with Crippen molar-refractivity contribution < 1.29 is 29.2 Å². The van der Waals surface area contributed by atoms with Crippen LogP contribution < -0.4 is 11.1 Å². The Balaban J connectivity index is 0.00000204. The summed E-state index contributed by atoms with van der Waals surface area (Å²) in [7, 11) is 3.47. The molecule has 0 radical (unpaired) electrons. The largest absolute Gasteiger partial charge is 0.412 e. The molecule has 2 fully saturated rings. The molecule has 0 saturated carbocycles. The van der Waals surface area contributed by atoms with Gasteiger partial charge >= 0.3 is 0 Å². The number of likely N-dealkylation sites (N-methyl/N-ethyl adjacent to an activating group) is 1. The zero-order valence-corrected chi connectivity index (χ0v) is 21.8. The van der Waals surface area contributed by atoms with Crippen LogP contribution in [0.2, 0.25) is 0 Å². The standard InChI is InChI=1S/C19H23ClN6O4S2.ClH.H2O/c1-26(5-3-4-6-26)7-10-8-31-18-13(17(29)25(18)14(10)15(20)27)23-16(28)12(24-30-2)11-9-32-19(21)22-11;;/h9,13,18H,3-8H2,1-2H3,(H2-,21,22,23,28);1H;1H2/p+1/b24-12+;;/t13-,18-;;/m1../s1. The van der Waals surface area contributed by atoms with E-state index < -0.39 is 22.6 Å². The van der Waals surface area contributed by atoms with Crippen molar-refractivity contribution in [2.45, 2.75) is 24.3 Å². The number of hydrogen-bond acceptors (Lipinski definition) is 9. The number of oxime groups is 1. The van der Waals surface area contributed by atoms with Gasteiger partial charge in [-0.1, -0.05) is 5.16 Å². The van der Waals surface area contributed by atoms with Crippen LogP contribution in [0, 0.1) is 0 Å². The van der Waals surface area contributed by atoms with Crippen molar-refractivity contribution in [1.82, 2.24) is 15.2 Å². The summed E-state index contributed by atoms with van der Waals surface area (Å²) < 4.78 is 0.837. The Morgan fingerprint density at radius 1 is 1.41 bits per heavy atom. The summed E-state index contributed by atoms with van der Waals surface area (Å²) in [5, 5.41) is 7.24. The number of rotatable bonds is 7. The topological polar surface area (TPSA) is 158 Å². The second kappa shape index (κ2) is 11.2. The van der Waals surface area contributed by atoms with E-state index in [0.717, 1.165) is 47.3 Å². The average Bonchev–Trinajstić information content (AvgIpc) is 3.37. The molecule has 2 saturated heterocycles. The lowest BCUT2D eigenvalue weighted by atomic mass is 10.0. The van der Waals surface area contributed by atoms with Crippen LogP contribution in [0.25, 0.3) is 0 Å². The number of nitrogens with one attached hydrogen (secondary N) is 1. The molecular formula is C19H27Cl2N6O5S2+. The Kier molecular flexibility index (Phi) is 9.36. The lowest BCUT2D eigenvalue weighted by molar-refractivity contribution is -0.893. The summed E-state index contributed by atoms with van der Waals surface area (Å²) >= 11 is 8.59. The SMILES string of the molecule is CO/N=C(/C(=O)N[C@@H]1C(=O)N2C(C(=O)Cl)=C(C[N+]3(C)CCCC3)CS[C@H]12)c1csc(N)n1.Cl.O. The van der Waals surface area contributed by atoms with Crippen molar-refractivity contribution in [2.24, 2.45) is 5.16 Å². The zero-order chi connectivity index (χ0) is 23.0. The lowest BCUT2D eigenvalue weighted by Crippen LogP contribution is -2.71. The van der Waals surface area contributed by atoms with Crippen molar-refractivity contribution in [1.29, 1.82) is 0 Å². The van der Waals surface area contributed by atoms with Crippen LogP contribution in [0.1, 0.15) is 18.5 Å². The Morgan fingerprint density at radius 2 is 2.09 bits per heavy atom. The lowest BCUT2D eigenvalue weighted by Gasteiger charge is -2.50. The number of likely N-dealkylation sites (tertiary alicyclic amines) is 1. The van der Waals surface area contributed by atoms with Gasteiger partial charge in [0.05, 0.1) is 20.1 Å². The van der Waals surface area contributed by atoms with Crippen molar-refractivity contribution in [3.05, 3.63) is 22.3 Å². The summed E-state index contributed by atoms with van der Waals surface area (Å²) in [5.41, 5.74) is 6.97. The number of thiazole rings is 1. The highest BCUT2D eigenvalue weighted by Gasteiger charge is 2.54. The molecule has 2 amide bonds. The van der Waals surface area contributed by atoms with E-state index in [2.05, 4.69) is 22.5 Å². The number of halogens is 2. The predicted octanol–water partition coefficient (Wildman–Crippen LogP) is 0.333. The fraction of sp³-hybridized carbons (Fsp3) is 0.526. The molecule has 3 aliphatic heterocycles. The van der Waals surface area contributed by atoms with E-state index in [1.165, 1.54) is 23.8 Å². The van der Waals surface area contributed by atoms with Crippen molar-refractivity contribution >= 4 is 75.0 Å². The third-order valence-corrected chi connectivity index (χ3v) is 8.09. The van der Waals surface area contributed by atoms with Crippen LogP contribution in [-0.4, -0.2) is 93.6 Å². The maximum Gasteiger partial charge on any atom is 0.276 e. The van der Waals surface area contributed by atoms with E-state index in [-0.39, 0.29) is 46.0 Å². The van der Waals surface area contributed by atoms with Crippen LogP contribution in [0.4, 0.5) is 5.13 Å². The van der Waals surface area contributed by atoms with Gasteiger partial charge in [0.1, 0.15) is 36.5 Å². The normalized spacial score (nSPS) is 23.3. The fourth-order valence-electron chi connectivity index (χ4n) is 4.40.